The highest BCUT2D eigenvalue weighted by Crippen LogP contribution is 2.40. The lowest BCUT2D eigenvalue weighted by molar-refractivity contribution is -0.187. The van der Waals surface area contributed by atoms with E-state index >= 15 is 0 Å². The molecule has 2 N–H and O–H groups in total. The maximum Gasteiger partial charge on any atom is 0.196 e. The van der Waals surface area contributed by atoms with E-state index in [-0.39, 0.29) is 46.8 Å². The number of phenols is 1. The van der Waals surface area contributed by atoms with Gasteiger partial charge < -0.3 is 19.7 Å². The molecule has 0 bridgehead atoms. The lowest BCUT2D eigenvalue weighted by Gasteiger charge is -2.33. The van der Waals surface area contributed by atoms with Crippen molar-refractivity contribution in [2.45, 2.75) is 19.1 Å². The molecule has 3 rings (SSSR count). The molecule has 1 aliphatic heterocycles. The van der Waals surface area contributed by atoms with Crippen LogP contribution in [0, 0.1) is 0 Å². The summed E-state index contributed by atoms with van der Waals surface area (Å²) in [4.78, 5) is 25.0. The lowest BCUT2D eigenvalue weighted by atomic mass is 9.80. The van der Waals surface area contributed by atoms with Gasteiger partial charge in [0, 0.05) is 29.2 Å². The van der Waals surface area contributed by atoms with E-state index in [0.29, 0.717) is 0 Å². The van der Waals surface area contributed by atoms with E-state index in [2.05, 4.69) is 0 Å². The molecule has 1 unspecified atom stereocenters. The highest BCUT2D eigenvalue weighted by Gasteiger charge is 2.41. The second-order valence-electron chi connectivity index (χ2n) is 5.32. The molecule has 0 saturated carbocycles. The Morgan fingerprint density at radius 3 is 2.62 bits per heavy atom. The number of hydrogen-bond donors (Lipinski definition) is 2. The number of fused-ring (bicyclic) bond motifs is 1. The molecule has 110 valence electrons. The Hall–Kier alpha value is -2.18. The molecule has 0 spiro atoms. The second-order valence-corrected chi connectivity index (χ2v) is 5.32. The van der Waals surface area contributed by atoms with E-state index in [1.807, 2.05) is 0 Å². The molecule has 0 aromatic heterocycles. The van der Waals surface area contributed by atoms with Gasteiger partial charge >= 0.3 is 0 Å². The third kappa shape index (κ3) is 2.03. The van der Waals surface area contributed by atoms with Gasteiger partial charge in [-0.05, 0) is 13.0 Å². The number of Topliss-reactive ketones (excluding diaryl/α,β-unsaturated/α-hetero) is 2. The number of phenolic OH excluding ortho intramolecular Hbond substituents is 1. The molecule has 6 heteroatoms. The van der Waals surface area contributed by atoms with Gasteiger partial charge in [0.15, 0.2) is 17.4 Å². The topological polar surface area (TPSA) is 93.1 Å². The SMILES string of the molecule is COc1cc(O)c2c(c1)C(=O)C1=C(COC(C)(O)C1)C2=O. The first-order valence-corrected chi connectivity index (χ1v) is 6.43. The molecule has 1 atom stereocenters. The molecule has 1 heterocycles. The second kappa shape index (κ2) is 4.41. The molecule has 6 nitrogen and oxygen atoms in total. The van der Waals surface area contributed by atoms with Crippen molar-refractivity contribution >= 4 is 11.6 Å². The van der Waals surface area contributed by atoms with Gasteiger partial charge in [0.05, 0.1) is 19.3 Å². The molecule has 1 aromatic carbocycles. The Bertz CT molecular complexity index is 698. The molecule has 21 heavy (non-hydrogen) atoms. The van der Waals surface area contributed by atoms with E-state index in [4.69, 9.17) is 9.47 Å². The number of methoxy groups -OCH3 is 1. The Morgan fingerprint density at radius 2 is 1.95 bits per heavy atom. The van der Waals surface area contributed by atoms with Crippen LogP contribution in [0.4, 0.5) is 0 Å². The van der Waals surface area contributed by atoms with Crippen molar-refractivity contribution in [3.05, 3.63) is 34.4 Å². The average Bonchev–Trinajstić information content (AvgIpc) is 2.42. The molecule has 1 aliphatic carbocycles. The first-order valence-electron chi connectivity index (χ1n) is 6.43. The van der Waals surface area contributed by atoms with Crippen molar-refractivity contribution in [2.24, 2.45) is 0 Å². The fourth-order valence-corrected chi connectivity index (χ4v) is 2.67. The number of hydrogen-bond acceptors (Lipinski definition) is 6. The number of benzene rings is 1. The number of carbonyl (C=O) groups is 2. The zero-order chi connectivity index (χ0) is 15.4. The predicted octanol–water partition coefficient (Wildman–Crippen LogP) is 1.21. The van der Waals surface area contributed by atoms with E-state index in [1.165, 1.54) is 26.2 Å². The summed E-state index contributed by atoms with van der Waals surface area (Å²) in [6.07, 6.45) is -0.0652. The number of aliphatic hydroxyl groups is 1. The number of ether oxygens (including phenoxy) is 2. The highest BCUT2D eigenvalue weighted by atomic mass is 16.6. The van der Waals surface area contributed by atoms with Crippen LogP contribution in [0.25, 0.3) is 0 Å². The number of ketones is 2. The predicted molar refractivity (Wildman–Crippen MR) is 71.5 cm³/mol. The van der Waals surface area contributed by atoms with E-state index in [9.17, 15) is 19.8 Å². The number of rotatable bonds is 1. The van der Waals surface area contributed by atoms with Crippen molar-refractivity contribution in [3.63, 3.8) is 0 Å². The molecule has 2 aliphatic rings. The summed E-state index contributed by atoms with van der Waals surface area (Å²) in [5.41, 5.74) is 0.480. The fourth-order valence-electron chi connectivity index (χ4n) is 2.67. The quantitative estimate of drug-likeness (QED) is 0.807. The van der Waals surface area contributed by atoms with E-state index in [0.717, 1.165) is 0 Å². The Morgan fingerprint density at radius 1 is 1.24 bits per heavy atom. The van der Waals surface area contributed by atoms with E-state index in [1.54, 1.807) is 0 Å². The summed E-state index contributed by atoms with van der Waals surface area (Å²) in [6, 6.07) is 2.71. The summed E-state index contributed by atoms with van der Waals surface area (Å²) in [6.45, 7) is 1.28. The molecular formula is C15H14O6. The molecule has 0 fully saturated rings. The molecule has 0 saturated heterocycles. The molecule has 0 radical (unpaired) electrons. The number of aromatic hydroxyl groups is 1. The molecule has 0 amide bonds. The van der Waals surface area contributed by atoms with Crippen molar-refractivity contribution in [2.75, 3.05) is 13.7 Å². The maximum absolute atomic E-state index is 12.6. The van der Waals surface area contributed by atoms with Gasteiger partial charge in [0.1, 0.15) is 11.5 Å². The summed E-state index contributed by atoms with van der Waals surface area (Å²) < 4.78 is 10.2. The Labute approximate surface area is 120 Å². The van der Waals surface area contributed by atoms with Gasteiger partial charge in [0.2, 0.25) is 0 Å². The largest absolute Gasteiger partial charge is 0.507 e. The van der Waals surface area contributed by atoms with Crippen LogP contribution >= 0.6 is 0 Å². The minimum Gasteiger partial charge on any atom is -0.507 e. The van der Waals surface area contributed by atoms with Gasteiger partial charge in [-0.15, -0.1) is 0 Å². The van der Waals surface area contributed by atoms with Crippen LogP contribution < -0.4 is 4.74 Å². The van der Waals surface area contributed by atoms with Crippen LogP contribution in [0.15, 0.2) is 23.3 Å². The average molecular weight is 290 g/mol. The summed E-state index contributed by atoms with van der Waals surface area (Å²) in [5, 5.41) is 19.9. The van der Waals surface area contributed by atoms with Gasteiger partial charge in [-0.25, -0.2) is 0 Å². The van der Waals surface area contributed by atoms with Crippen LogP contribution in [0.2, 0.25) is 0 Å². The van der Waals surface area contributed by atoms with Crippen LogP contribution in [0.5, 0.6) is 11.5 Å². The van der Waals surface area contributed by atoms with Gasteiger partial charge in [-0.1, -0.05) is 0 Å². The smallest absolute Gasteiger partial charge is 0.196 e. The highest BCUT2D eigenvalue weighted by molar-refractivity contribution is 6.28. The normalized spacial score (nSPS) is 24.7. The van der Waals surface area contributed by atoms with Crippen molar-refractivity contribution in [1.29, 1.82) is 0 Å². The van der Waals surface area contributed by atoms with Gasteiger partial charge in [-0.2, -0.15) is 0 Å². The van der Waals surface area contributed by atoms with Crippen molar-refractivity contribution in [1.82, 2.24) is 0 Å². The third-order valence-corrected chi connectivity index (χ3v) is 3.74. The minimum atomic E-state index is -1.48. The fraction of sp³-hybridized carbons (Fsp3) is 0.333. The Kier molecular flexibility index (Phi) is 2.89. The van der Waals surface area contributed by atoms with Crippen LogP contribution in [0.1, 0.15) is 34.1 Å². The molecular weight excluding hydrogens is 276 g/mol. The Balaban J connectivity index is 2.19. The monoisotopic (exact) mass is 290 g/mol. The lowest BCUT2D eigenvalue weighted by Crippen LogP contribution is -2.39. The standard InChI is InChI=1S/C15H14O6/c1-15(19)5-9-10(6-21-15)14(18)12-8(13(9)17)3-7(20-2)4-11(12)16/h3-4,16,19H,5-6H2,1-2H3. The third-order valence-electron chi connectivity index (χ3n) is 3.74. The van der Waals surface area contributed by atoms with Crippen molar-refractivity contribution < 1.29 is 29.3 Å². The van der Waals surface area contributed by atoms with E-state index < -0.39 is 17.4 Å². The molecule has 1 aromatic rings. The van der Waals surface area contributed by atoms with Crippen LogP contribution in [-0.2, 0) is 4.74 Å². The first-order chi connectivity index (χ1) is 9.84. The summed E-state index contributed by atoms with van der Waals surface area (Å²) in [7, 11) is 1.40. The summed E-state index contributed by atoms with van der Waals surface area (Å²) >= 11 is 0. The first kappa shape index (κ1) is 13.8. The van der Waals surface area contributed by atoms with Crippen LogP contribution in [-0.4, -0.2) is 41.3 Å². The number of carbonyl (C=O) groups excluding carboxylic acids is 2. The van der Waals surface area contributed by atoms with Crippen LogP contribution in [0.3, 0.4) is 0 Å². The maximum atomic E-state index is 12.6. The zero-order valence-corrected chi connectivity index (χ0v) is 11.6. The zero-order valence-electron chi connectivity index (χ0n) is 11.6. The summed E-state index contributed by atoms with van der Waals surface area (Å²) in [5.74, 6) is -2.33. The minimum absolute atomic E-state index is 0.0373. The van der Waals surface area contributed by atoms with Crippen molar-refractivity contribution in [3.8, 4) is 11.5 Å². The van der Waals surface area contributed by atoms with Gasteiger partial charge in [-0.3, -0.25) is 9.59 Å². The van der Waals surface area contributed by atoms with Gasteiger partial charge in [0.25, 0.3) is 0 Å².